The lowest BCUT2D eigenvalue weighted by molar-refractivity contribution is -0.0626. The third-order valence-electron chi connectivity index (χ3n) is 3.08. The molecule has 0 amide bonds. The fourth-order valence-corrected chi connectivity index (χ4v) is 2.19. The van der Waals surface area contributed by atoms with Crippen LogP contribution < -0.4 is 10.1 Å². The number of rotatable bonds is 4. The first-order valence-electron chi connectivity index (χ1n) is 6.17. The van der Waals surface area contributed by atoms with E-state index in [0.29, 0.717) is 29.8 Å². The molecule has 1 aromatic carbocycles. The number of benzene rings is 1. The van der Waals surface area contributed by atoms with Crippen molar-refractivity contribution in [3.8, 4) is 5.75 Å². The van der Waals surface area contributed by atoms with E-state index in [1.54, 1.807) is 24.3 Å². The van der Waals surface area contributed by atoms with E-state index >= 15 is 0 Å². The lowest BCUT2D eigenvalue weighted by atomic mass is 9.97. The molecule has 0 aromatic heterocycles. The Morgan fingerprint density at radius 1 is 1.45 bits per heavy atom. The van der Waals surface area contributed by atoms with Gasteiger partial charge in [-0.1, -0.05) is 12.1 Å². The molecule has 0 spiro atoms. The second kappa shape index (κ2) is 5.56. The Kier molecular flexibility index (Phi) is 4.01. The Hall–Kier alpha value is -1.98. The van der Waals surface area contributed by atoms with Crippen LogP contribution in [0.15, 0.2) is 35.8 Å². The zero-order chi connectivity index (χ0) is 14.8. The first-order valence-corrected chi connectivity index (χ1v) is 6.17. The van der Waals surface area contributed by atoms with Gasteiger partial charge in [0.05, 0.1) is 18.8 Å². The highest BCUT2D eigenvalue weighted by molar-refractivity contribution is 5.92. The number of ether oxygens (including phenoxy) is 1. The smallest absolute Gasteiger partial charge is 0.449 e. The molecule has 0 bridgehead atoms. The van der Waals surface area contributed by atoms with Crippen molar-refractivity contribution in [1.82, 2.24) is 5.32 Å². The standard InChI is InChI=1S/C14H15F3N2O/c1-3-4-6-9-12-10(7-5-8-11(12)20-2)19-13(18-9)14(15,16)17/h3,5,7-9H,1,4,6H2,2H3,(H,18,19). The molecule has 1 aromatic rings. The summed E-state index contributed by atoms with van der Waals surface area (Å²) in [6.07, 6.45) is -1.73. The lowest BCUT2D eigenvalue weighted by Gasteiger charge is -2.29. The topological polar surface area (TPSA) is 33.6 Å². The second-order valence-corrected chi connectivity index (χ2v) is 4.41. The molecule has 2 rings (SSSR count). The number of amidine groups is 1. The fraction of sp³-hybridized carbons (Fsp3) is 0.357. The van der Waals surface area contributed by atoms with Gasteiger partial charge < -0.3 is 10.1 Å². The van der Waals surface area contributed by atoms with Crippen molar-refractivity contribution in [3.63, 3.8) is 0 Å². The van der Waals surface area contributed by atoms with Crippen molar-refractivity contribution in [2.45, 2.75) is 25.1 Å². The first-order chi connectivity index (χ1) is 9.47. The molecule has 20 heavy (non-hydrogen) atoms. The molecule has 0 saturated heterocycles. The Morgan fingerprint density at radius 2 is 2.20 bits per heavy atom. The van der Waals surface area contributed by atoms with Crippen molar-refractivity contribution >= 4 is 11.5 Å². The third kappa shape index (κ3) is 2.79. The molecular formula is C14H15F3N2O. The van der Waals surface area contributed by atoms with E-state index in [2.05, 4.69) is 16.9 Å². The quantitative estimate of drug-likeness (QED) is 0.851. The molecule has 1 atom stereocenters. The summed E-state index contributed by atoms with van der Waals surface area (Å²) in [6, 6.07) is 4.42. The maximum atomic E-state index is 12.9. The molecule has 1 unspecified atom stereocenters. The van der Waals surface area contributed by atoms with Crippen molar-refractivity contribution in [2.75, 3.05) is 7.11 Å². The maximum Gasteiger partial charge on any atom is 0.449 e. The Labute approximate surface area is 115 Å². The number of fused-ring (bicyclic) bond motifs is 1. The normalized spacial score (nSPS) is 17.8. The predicted molar refractivity (Wildman–Crippen MR) is 71.5 cm³/mol. The number of nitrogens with one attached hydrogen (secondary N) is 1. The molecule has 1 aliphatic heterocycles. The van der Waals surface area contributed by atoms with E-state index in [-0.39, 0.29) is 0 Å². The van der Waals surface area contributed by atoms with Gasteiger partial charge in [-0.25, -0.2) is 4.99 Å². The van der Waals surface area contributed by atoms with Gasteiger partial charge in [-0.2, -0.15) is 13.2 Å². The zero-order valence-corrected chi connectivity index (χ0v) is 11.0. The van der Waals surface area contributed by atoms with Crippen molar-refractivity contribution in [2.24, 2.45) is 4.99 Å². The van der Waals surface area contributed by atoms with Crippen LogP contribution >= 0.6 is 0 Å². The largest absolute Gasteiger partial charge is 0.496 e. The molecule has 3 nitrogen and oxygen atoms in total. The van der Waals surface area contributed by atoms with Crippen LogP contribution in [0.3, 0.4) is 0 Å². The molecule has 0 radical (unpaired) electrons. The highest BCUT2D eigenvalue weighted by Crippen LogP contribution is 2.40. The molecule has 1 aliphatic rings. The summed E-state index contributed by atoms with van der Waals surface area (Å²) >= 11 is 0. The van der Waals surface area contributed by atoms with Crippen LogP contribution in [-0.2, 0) is 0 Å². The van der Waals surface area contributed by atoms with Gasteiger partial charge in [0.25, 0.3) is 0 Å². The number of methoxy groups -OCH3 is 1. The average Bonchev–Trinajstić information content (AvgIpc) is 2.42. The summed E-state index contributed by atoms with van der Waals surface area (Å²) in [5.74, 6) is -0.429. The Balaban J connectivity index is 2.48. The van der Waals surface area contributed by atoms with E-state index in [9.17, 15) is 13.2 Å². The summed E-state index contributed by atoms with van der Waals surface area (Å²) in [6.45, 7) is 3.60. The first kappa shape index (κ1) is 14.4. The second-order valence-electron chi connectivity index (χ2n) is 4.41. The van der Waals surface area contributed by atoms with Gasteiger partial charge in [0.1, 0.15) is 5.75 Å². The molecule has 0 fully saturated rings. The monoisotopic (exact) mass is 284 g/mol. The SMILES string of the molecule is C=CCCC1NC(C(F)(F)F)=Nc2cccc(OC)c21. The van der Waals surface area contributed by atoms with Crippen molar-refractivity contribution < 1.29 is 17.9 Å². The minimum Gasteiger partial charge on any atom is -0.496 e. The number of allylic oxidation sites excluding steroid dienone is 1. The molecule has 0 saturated carbocycles. The number of hydrogen-bond donors (Lipinski definition) is 1. The van der Waals surface area contributed by atoms with E-state index in [0.717, 1.165) is 0 Å². The minimum absolute atomic E-state index is 0.296. The van der Waals surface area contributed by atoms with Crippen LogP contribution in [0.4, 0.5) is 18.9 Å². The van der Waals surface area contributed by atoms with Crippen molar-refractivity contribution in [1.29, 1.82) is 0 Å². The molecule has 108 valence electrons. The molecular weight excluding hydrogens is 269 g/mol. The van der Waals surface area contributed by atoms with E-state index in [1.807, 2.05) is 0 Å². The third-order valence-corrected chi connectivity index (χ3v) is 3.08. The van der Waals surface area contributed by atoms with E-state index in [1.165, 1.54) is 7.11 Å². The number of aliphatic imine (C=N–C) groups is 1. The molecule has 6 heteroatoms. The van der Waals surface area contributed by atoms with Crippen LogP contribution in [0.25, 0.3) is 0 Å². The minimum atomic E-state index is -4.49. The van der Waals surface area contributed by atoms with Gasteiger partial charge in [-0.05, 0) is 25.0 Å². The number of hydrogen-bond acceptors (Lipinski definition) is 3. The van der Waals surface area contributed by atoms with Crippen molar-refractivity contribution in [3.05, 3.63) is 36.4 Å². The molecule has 0 aliphatic carbocycles. The fourth-order valence-electron chi connectivity index (χ4n) is 2.19. The Morgan fingerprint density at radius 3 is 2.80 bits per heavy atom. The van der Waals surface area contributed by atoms with Gasteiger partial charge in [-0.3, -0.25) is 0 Å². The zero-order valence-electron chi connectivity index (χ0n) is 11.0. The van der Waals surface area contributed by atoms with E-state index < -0.39 is 18.1 Å². The highest BCUT2D eigenvalue weighted by atomic mass is 19.4. The Bertz CT molecular complexity index is 538. The van der Waals surface area contributed by atoms with Gasteiger partial charge in [-0.15, -0.1) is 6.58 Å². The molecule has 1 N–H and O–H groups in total. The van der Waals surface area contributed by atoms with Crippen LogP contribution in [0, 0.1) is 0 Å². The summed E-state index contributed by atoms with van der Waals surface area (Å²) in [5, 5.41) is 2.46. The van der Waals surface area contributed by atoms with Crippen LogP contribution in [0.2, 0.25) is 0 Å². The van der Waals surface area contributed by atoms with Crippen LogP contribution in [-0.4, -0.2) is 19.1 Å². The van der Waals surface area contributed by atoms with Crippen LogP contribution in [0.5, 0.6) is 5.75 Å². The van der Waals surface area contributed by atoms with Gasteiger partial charge >= 0.3 is 6.18 Å². The number of halogens is 3. The summed E-state index contributed by atoms with van der Waals surface area (Å²) in [7, 11) is 1.49. The highest BCUT2D eigenvalue weighted by Gasteiger charge is 2.40. The van der Waals surface area contributed by atoms with E-state index in [4.69, 9.17) is 4.74 Å². The predicted octanol–water partition coefficient (Wildman–Crippen LogP) is 3.90. The lowest BCUT2D eigenvalue weighted by Crippen LogP contribution is -2.41. The van der Waals surface area contributed by atoms with Gasteiger partial charge in [0.2, 0.25) is 5.84 Å². The van der Waals surface area contributed by atoms with Crippen LogP contribution in [0.1, 0.15) is 24.4 Å². The summed E-state index contributed by atoms with van der Waals surface area (Å²) in [5.41, 5.74) is 0.953. The average molecular weight is 284 g/mol. The summed E-state index contributed by atoms with van der Waals surface area (Å²) in [4.78, 5) is 3.66. The van der Waals surface area contributed by atoms with Gasteiger partial charge in [0.15, 0.2) is 0 Å². The summed E-state index contributed by atoms with van der Waals surface area (Å²) < 4.78 is 43.8. The molecule has 1 heterocycles. The number of alkyl halides is 3. The maximum absolute atomic E-state index is 12.9. The van der Waals surface area contributed by atoms with Gasteiger partial charge in [0, 0.05) is 5.56 Å². The number of nitrogens with zero attached hydrogens (tertiary/aromatic N) is 1.